The molecule has 5 nitrogen and oxygen atoms in total. The van der Waals surface area contributed by atoms with Gasteiger partial charge in [-0.1, -0.05) is 18.2 Å². The van der Waals surface area contributed by atoms with Crippen LogP contribution < -0.4 is 10.1 Å². The molecule has 0 saturated carbocycles. The lowest BCUT2D eigenvalue weighted by Gasteiger charge is -2.22. The van der Waals surface area contributed by atoms with Crippen LogP contribution in [0.5, 0.6) is 5.75 Å². The monoisotopic (exact) mass is 278 g/mol. The fraction of sp³-hybridized carbons (Fsp3) is 0.467. The lowest BCUT2D eigenvalue weighted by Crippen LogP contribution is -2.32. The van der Waals surface area contributed by atoms with Crippen molar-refractivity contribution in [3.05, 3.63) is 29.8 Å². The molecule has 0 heterocycles. The van der Waals surface area contributed by atoms with Gasteiger partial charge in [0.2, 0.25) is 11.8 Å². The van der Waals surface area contributed by atoms with Crippen LogP contribution in [0.3, 0.4) is 0 Å². The number of carbonyl (C=O) groups excluding carboxylic acids is 2. The predicted octanol–water partition coefficient (Wildman–Crippen LogP) is 1.74. The lowest BCUT2D eigenvalue weighted by molar-refractivity contribution is -0.129. The summed E-state index contributed by atoms with van der Waals surface area (Å²) in [7, 11) is 3.39. The molecule has 0 radical (unpaired) electrons. The lowest BCUT2D eigenvalue weighted by atomic mass is 10.0. The maximum atomic E-state index is 11.9. The molecule has 0 aliphatic heterocycles. The minimum atomic E-state index is -0.384. The number of hydrogen-bond donors (Lipinski definition) is 1. The van der Waals surface area contributed by atoms with Gasteiger partial charge >= 0.3 is 0 Å². The van der Waals surface area contributed by atoms with Gasteiger partial charge in [-0.2, -0.15) is 0 Å². The fourth-order valence-electron chi connectivity index (χ4n) is 1.90. The summed E-state index contributed by atoms with van der Waals surface area (Å²) in [5.41, 5.74) is 0.819. The van der Waals surface area contributed by atoms with Gasteiger partial charge in [0, 0.05) is 26.6 Å². The Balaban J connectivity index is 3.03. The average molecular weight is 278 g/mol. The van der Waals surface area contributed by atoms with Crippen LogP contribution in [0.2, 0.25) is 0 Å². The predicted molar refractivity (Wildman–Crippen MR) is 77.5 cm³/mol. The van der Waals surface area contributed by atoms with E-state index in [1.165, 1.54) is 11.8 Å². The Bertz CT molecular complexity index is 472. The molecule has 0 spiro atoms. The molecule has 1 aromatic rings. The molecule has 0 aromatic heterocycles. The maximum absolute atomic E-state index is 11.9. The molecule has 0 unspecified atom stereocenters. The highest BCUT2D eigenvalue weighted by molar-refractivity contribution is 5.79. The number of amides is 2. The van der Waals surface area contributed by atoms with E-state index in [1.54, 1.807) is 14.1 Å². The number of benzene rings is 1. The second kappa shape index (κ2) is 7.53. The average Bonchev–Trinajstić information content (AvgIpc) is 2.38. The Morgan fingerprint density at radius 2 is 1.95 bits per heavy atom. The largest absolute Gasteiger partial charge is 0.494 e. The summed E-state index contributed by atoms with van der Waals surface area (Å²) < 4.78 is 5.57. The van der Waals surface area contributed by atoms with E-state index in [0.717, 1.165) is 5.56 Å². The first-order chi connectivity index (χ1) is 9.45. The van der Waals surface area contributed by atoms with Gasteiger partial charge in [0.1, 0.15) is 5.75 Å². The Morgan fingerprint density at radius 3 is 2.50 bits per heavy atom. The summed E-state index contributed by atoms with van der Waals surface area (Å²) in [5, 5.41) is 2.81. The van der Waals surface area contributed by atoms with Crippen LogP contribution in [0, 0.1) is 0 Å². The number of nitrogens with one attached hydrogen (secondary N) is 1. The normalized spacial score (nSPS) is 11.6. The van der Waals surface area contributed by atoms with E-state index in [2.05, 4.69) is 5.32 Å². The highest BCUT2D eigenvalue weighted by Crippen LogP contribution is 2.27. The van der Waals surface area contributed by atoms with Crippen molar-refractivity contribution in [3.63, 3.8) is 0 Å². The molecule has 1 rings (SSSR count). The van der Waals surface area contributed by atoms with Gasteiger partial charge in [0.25, 0.3) is 0 Å². The maximum Gasteiger partial charge on any atom is 0.224 e. The van der Waals surface area contributed by atoms with Crippen molar-refractivity contribution in [1.82, 2.24) is 10.2 Å². The molecule has 2 amide bonds. The number of hydrogen-bond acceptors (Lipinski definition) is 3. The quantitative estimate of drug-likeness (QED) is 0.862. The third-order valence-corrected chi connectivity index (χ3v) is 2.85. The molecule has 1 atom stereocenters. The number of ether oxygens (including phenoxy) is 1. The summed E-state index contributed by atoms with van der Waals surface area (Å²) in [5.74, 6) is 0.475. The molecule has 1 N–H and O–H groups in total. The Kier molecular flexibility index (Phi) is 6.03. The second-order valence-corrected chi connectivity index (χ2v) is 4.72. The van der Waals surface area contributed by atoms with Gasteiger partial charge in [-0.25, -0.2) is 0 Å². The molecule has 20 heavy (non-hydrogen) atoms. The number of rotatable bonds is 6. The van der Waals surface area contributed by atoms with Crippen LogP contribution in [0.4, 0.5) is 0 Å². The summed E-state index contributed by atoms with van der Waals surface area (Å²) in [6.45, 7) is 3.87. The van der Waals surface area contributed by atoms with Crippen LogP contribution >= 0.6 is 0 Å². The standard InChI is InChI=1S/C15H22N2O3/c1-5-20-14-9-7-6-8-12(14)13(16-11(2)18)10-15(19)17(3)4/h6-9,13H,5,10H2,1-4H3,(H,16,18)/t13-/m1/s1. The Hall–Kier alpha value is -2.04. The Morgan fingerprint density at radius 1 is 1.30 bits per heavy atom. The van der Waals surface area contributed by atoms with E-state index < -0.39 is 0 Å². The summed E-state index contributed by atoms with van der Waals surface area (Å²) in [4.78, 5) is 24.8. The van der Waals surface area contributed by atoms with Crippen LogP contribution in [-0.4, -0.2) is 37.4 Å². The topological polar surface area (TPSA) is 58.6 Å². The van der Waals surface area contributed by atoms with Crippen LogP contribution in [0.1, 0.15) is 31.9 Å². The van der Waals surface area contributed by atoms with Crippen molar-refractivity contribution in [2.24, 2.45) is 0 Å². The third kappa shape index (κ3) is 4.57. The second-order valence-electron chi connectivity index (χ2n) is 4.72. The van der Waals surface area contributed by atoms with Gasteiger partial charge in [-0.15, -0.1) is 0 Å². The molecule has 110 valence electrons. The van der Waals surface area contributed by atoms with Gasteiger partial charge in [-0.05, 0) is 13.0 Å². The van der Waals surface area contributed by atoms with E-state index in [-0.39, 0.29) is 24.3 Å². The zero-order chi connectivity index (χ0) is 15.1. The number of nitrogens with zero attached hydrogens (tertiary/aromatic N) is 1. The van der Waals surface area contributed by atoms with Gasteiger partial charge in [0.15, 0.2) is 0 Å². The summed E-state index contributed by atoms with van der Waals surface area (Å²) >= 11 is 0. The van der Waals surface area contributed by atoms with Gasteiger partial charge < -0.3 is 15.0 Å². The molecular weight excluding hydrogens is 256 g/mol. The summed E-state index contributed by atoms with van der Waals surface area (Å²) in [6.07, 6.45) is 0.205. The van der Waals surface area contributed by atoms with Crippen molar-refractivity contribution in [1.29, 1.82) is 0 Å². The van der Waals surface area contributed by atoms with Crippen molar-refractivity contribution in [2.75, 3.05) is 20.7 Å². The SMILES string of the molecule is CCOc1ccccc1[C@@H](CC(=O)N(C)C)NC(C)=O. The fourth-order valence-corrected chi connectivity index (χ4v) is 1.90. The van der Waals surface area contributed by atoms with Crippen LogP contribution in [0.15, 0.2) is 24.3 Å². The first-order valence-corrected chi connectivity index (χ1v) is 6.64. The van der Waals surface area contributed by atoms with Crippen molar-refractivity contribution >= 4 is 11.8 Å². The zero-order valence-electron chi connectivity index (χ0n) is 12.5. The number of carbonyl (C=O) groups is 2. The van der Waals surface area contributed by atoms with Crippen molar-refractivity contribution in [3.8, 4) is 5.75 Å². The smallest absolute Gasteiger partial charge is 0.224 e. The van der Waals surface area contributed by atoms with E-state index >= 15 is 0 Å². The molecule has 5 heteroatoms. The first-order valence-electron chi connectivity index (χ1n) is 6.64. The van der Waals surface area contributed by atoms with Crippen molar-refractivity contribution in [2.45, 2.75) is 26.3 Å². The van der Waals surface area contributed by atoms with Crippen molar-refractivity contribution < 1.29 is 14.3 Å². The third-order valence-electron chi connectivity index (χ3n) is 2.85. The highest BCUT2D eigenvalue weighted by atomic mass is 16.5. The van der Waals surface area contributed by atoms with Crippen LogP contribution in [-0.2, 0) is 9.59 Å². The van der Waals surface area contributed by atoms with E-state index in [4.69, 9.17) is 4.74 Å². The minimum absolute atomic E-state index is 0.0462. The molecule has 0 bridgehead atoms. The number of para-hydroxylation sites is 1. The molecule has 0 fully saturated rings. The Labute approximate surface area is 119 Å². The summed E-state index contributed by atoms with van der Waals surface area (Å²) in [6, 6.07) is 7.06. The first kappa shape index (κ1) is 16.0. The van der Waals surface area contributed by atoms with Crippen LogP contribution in [0.25, 0.3) is 0 Å². The van der Waals surface area contributed by atoms with E-state index in [1.807, 2.05) is 31.2 Å². The zero-order valence-corrected chi connectivity index (χ0v) is 12.5. The minimum Gasteiger partial charge on any atom is -0.494 e. The van der Waals surface area contributed by atoms with Gasteiger partial charge in [0.05, 0.1) is 19.1 Å². The molecule has 0 saturated heterocycles. The van der Waals surface area contributed by atoms with E-state index in [0.29, 0.717) is 12.4 Å². The van der Waals surface area contributed by atoms with E-state index in [9.17, 15) is 9.59 Å². The molecule has 0 aliphatic rings. The molecule has 0 aliphatic carbocycles. The molecule has 1 aromatic carbocycles. The van der Waals surface area contributed by atoms with Gasteiger partial charge in [-0.3, -0.25) is 9.59 Å². The molecular formula is C15H22N2O3. The highest BCUT2D eigenvalue weighted by Gasteiger charge is 2.21.